The maximum absolute atomic E-state index is 8.75. The van der Waals surface area contributed by atoms with Gasteiger partial charge in [0.1, 0.15) is 11.9 Å². The summed E-state index contributed by atoms with van der Waals surface area (Å²) in [4.78, 5) is 0. The quantitative estimate of drug-likeness (QED) is 0.696. The molecule has 0 amide bonds. The summed E-state index contributed by atoms with van der Waals surface area (Å²) < 4.78 is 6.19. The van der Waals surface area contributed by atoms with E-state index >= 15 is 0 Å². The van der Waals surface area contributed by atoms with Crippen LogP contribution in [0.2, 0.25) is 0 Å². The van der Waals surface area contributed by atoms with E-state index in [1.807, 2.05) is 43.5 Å². The van der Waals surface area contributed by atoms with Crippen LogP contribution in [0.25, 0.3) is 0 Å². The van der Waals surface area contributed by atoms with Crippen molar-refractivity contribution in [1.82, 2.24) is 5.32 Å². The van der Waals surface area contributed by atoms with Gasteiger partial charge in [0.2, 0.25) is 0 Å². The van der Waals surface area contributed by atoms with E-state index in [9.17, 15) is 0 Å². The molecule has 0 spiro atoms. The molecule has 0 aliphatic rings. The van der Waals surface area contributed by atoms with E-state index in [4.69, 9.17) is 9.84 Å². The van der Waals surface area contributed by atoms with Crippen LogP contribution in [0, 0.1) is 0 Å². The van der Waals surface area contributed by atoms with Crippen LogP contribution in [0.1, 0.15) is 23.7 Å². The van der Waals surface area contributed by atoms with Gasteiger partial charge in [-0.15, -0.1) is 0 Å². The summed E-state index contributed by atoms with van der Waals surface area (Å²) in [6.45, 7) is 0.995. The first-order valence-electron chi connectivity index (χ1n) is 8.04. The number of ether oxygens (including phenoxy) is 1. The molecule has 0 fully saturated rings. The Balaban J connectivity index is 2.02. The molecule has 1 atom stereocenters. The van der Waals surface area contributed by atoms with Crippen molar-refractivity contribution < 1.29 is 9.84 Å². The van der Waals surface area contributed by atoms with Crippen LogP contribution in [0.4, 0.5) is 0 Å². The summed E-state index contributed by atoms with van der Waals surface area (Å²) in [5.41, 5.74) is 2.39. The average Bonchev–Trinajstić information content (AvgIpc) is 2.61. The zero-order chi connectivity index (χ0) is 16.3. The number of nitrogens with one attached hydrogen (secondary N) is 1. The summed E-state index contributed by atoms with van der Waals surface area (Å²) in [6.07, 6.45) is 5.51. The van der Waals surface area contributed by atoms with Gasteiger partial charge in [-0.3, -0.25) is 0 Å². The molecule has 2 aromatic rings. The van der Waals surface area contributed by atoms with Gasteiger partial charge in [0, 0.05) is 6.42 Å². The van der Waals surface area contributed by atoms with E-state index in [0.717, 1.165) is 25.1 Å². The number of rotatable bonds is 9. The van der Waals surface area contributed by atoms with Crippen molar-refractivity contribution in [2.75, 3.05) is 20.2 Å². The van der Waals surface area contributed by atoms with Gasteiger partial charge in [-0.2, -0.15) is 0 Å². The van der Waals surface area contributed by atoms with Crippen molar-refractivity contribution in [3.63, 3.8) is 0 Å². The van der Waals surface area contributed by atoms with Crippen LogP contribution in [0.15, 0.2) is 66.7 Å². The molecule has 2 aromatic carbocycles. The third-order valence-corrected chi connectivity index (χ3v) is 3.66. The van der Waals surface area contributed by atoms with E-state index in [1.54, 1.807) is 6.08 Å². The molecule has 2 N–H and O–H groups in total. The van der Waals surface area contributed by atoms with Crippen LogP contribution in [0.3, 0.4) is 0 Å². The zero-order valence-corrected chi connectivity index (χ0v) is 13.6. The fraction of sp³-hybridized carbons (Fsp3) is 0.300. The van der Waals surface area contributed by atoms with Gasteiger partial charge >= 0.3 is 0 Å². The van der Waals surface area contributed by atoms with Crippen molar-refractivity contribution in [3.8, 4) is 5.75 Å². The monoisotopic (exact) mass is 311 g/mol. The second kappa shape index (κ2) is 9.82. The Morgan fingerprint density at radius 2 is 1.78 bits per heavy atom. The molecular formula is C20H25NO2. The highest BCUT2D eigenvalue weighted by molar-refractivity contribution is 5.29. The normalized spacial score (nSPS) is 12.4. The summed E-state index contributed by atoms with van der Waals surface area (Å²) in [5, 5.41) is 11.9. The van der Waals surface area contributed by atoms with Gasteiger partial charge in [-0.1, -0.05) is 54.6 Å². The minimum Gasteiger partial charge on any atom is -0.486 e. The summed E-state index contributed by atoms with van der Waals surface area (Å²) in [7, 11) is 1.96. The zero-order valence-electron chi connectivity index (χ0n) is 13.6. The van der Waals surface area contributed by atoms with Crippen molar-refractivity contribution in [2.45, 2.75) is 18.9 Å². The van der Waals surface area contributed by atoms with Gasteiger partial charge < -0.3 is 15.2 Å². The van der Waals surface area contributed by atoms with E-state index in [0.29, 0.717) is 0 Å². The molecule has 2 rings (SSSR count). The lowest BCUT2D eigenvalue weighted by molar-refractivity contribution is 0.195. The maximum Gasteiger partial charge on any atom is 0.125 e. The van der Waals surface area contributed by atoms with Crippen molar-refractivity contribution in [1.29, 1.82) is 0 Å². The fourth-order valence-corrected chi connectivity index (χ4v) is 2.40. The molecule has 3 heteroatoms. The second-order valence-electron chi connectivity index (χ2n) is 5.41. The molecule has 0 radical (unpaired) electrons. The largest absolute Gasteiger partial charge is 0.486 e. The predicted octanol–water partition coefficient (Wildman–Crippen LogP) is 3.51. The number of aliphatic hydroxyl groups excluding tert-OH is 1. The number of benzene rings is 2. The Labute approximate surface area is 138 Å². The lowest BCUT2D eigenvalue weighted by Gasteiger charge is -2.20. The number of aliphatic hydroxyl groups is 1. The Morgan fingerprint density at radius 3 is 2.43 bits per heavy atom. The Kier molecular flexibility index (Phi) is 7.37. The molecule has 0 saturated heterocycles. The molecular weight excluding hydrogens is 286 g/mol. The SMILES string of the molecule is CNCCC(Oc1ccc(CC=CCO)cc1)c1ccccc1. The molecule has 0 aliphatic carbocycles. The van der Waals surface area contributed by atoms with E-state index < -0.39 is 0 Å². The first-order valence-corrected chi connectivity index (χ1v) is 8.04. The minimum atomic E-state index is 0.0452. The molecule has 0 saturated carbocycles. The van der Waals surface area contributed by atoms with Crippen LogP contribution in [-0.2, 0) is 6.42 Å². The minimum absolute atomic E-state index is 0.0452. The standard InChI is InChI=1S/C20H25NO2/c1-21-15-14-20(18-8-3-2-4-9-18)23-19-12-10-17(11-13-19)7-5-6-16-22/h2-6,8-13,20-22H,7,14-16H2,1H3. The number of allylic oxidation sites excluding steroid dienone is 1. The number of hydrogen-bond acceptors (Lipinski definition) is 3. The fourth-order valence-electron chi connectivity index (χ4n) is 2.40. The van der Waals surface area contributed by atoms with Gasteiger partial charge in [-0.05, 0) is 43.3 Å². The van der Waals surface area contributed by atoms with Crippen LogP contribution in [-0.4, -0.2) is 25.3 Å². The van der Waals surface area contributed by atoms with Crippen molar-refractivity contribution in [3.05, 3.63) is 77.9 Å². The van der Waals surface area contributed by atoms with Crippen LogP contribution >= 0.6 is 0 Å². The molecule has 0 aromatic heterocycles. The number of hydrogen-bond donors (Lipinski definition) is 2. The molecule has 3 nitrogen and oxygen atoms in total. The van der Waals surface area contributed by atoms with Crippen LogP contribution < -0.4 is 10.1 Å². The van der Waals surface area contributed by atoms with Gasteiger partial charge in [0.25, 0.3) is 0 Å². The van der Waals surface area contributed by atoms with Gasteiger partial charge in [0.05, 0.1) is 6.61 Å². The third kappa shape index (κ3) is 5.89. The maximum atomic E-state index is 8.75. The first kappa shape index (κ1) is 17.3. The highest BCUT2D eigenvalue weighted by atomic mass is 16.5. The molecule has 122 valence electrons. The lowest BCUT2D eigenvalue weighted by Crippen LogP contribution is -2.16. The summed E-state index contributed by atoms with van der Waals surface area (Å²) in [5.74, 6) is 0.879. The molecule has 1 unspecified atom stereocenters. The Hall–Kier alpha value is -2.10. The highest BCUT2D eigenvalue weighted by Crippen LogP contribution is 2.25. The van der Waals surface area contributed by atoms with Crippen molar-refractivity contribution in [2.24, 2.45) is 0 Å². The van der Waals surface area contributed by atoms with Gasteiger partial charge in [-0.25, -0.2) is 0 Å². The Morgan fingerprint density at radius 1 is 1.04 bits per heavy atom. The Bertz CT molecular complexity index is 578. The van der Waals surface area contributed by atoms with Crippen LogP contribution in [0.5, 0.6) is 5.75 Å². The van der Waals surface area contributed by atoms with E-state index in [2.05, 4.69) is 29.6 Å². The molecule has 0 aliphatic heterocycles. The molecule has 0 bridgehead atoms. The van der Waals surface area contributed by atoms with E-state index in [-0.39, 0.29) is 12.7 Å². The molecule has 0 heterocycles. The van der Waals surface area contributed by atoms with Gasteiger partial charge in [0.15, 0.2) is 0 Å². The van der Waals surface area contributed by atoms with Crippen molar-refractivity contribution >= 4 is 0 Å². The smallest absolute Gasteiger partial charge is 0.125 e. The van der Waals surface area contributed by atoms with E-state index in [1.165, 1.54) is 11.1 Å². The average molecular weight is 311 g/mol. The molecule has 23 heavy (non-hydrogen) atoms. The summed E-state index contributed by atoms with van der Waals surface area (Å²) >= 11 is 0. The summed E-state index contributed by atoms with van der Waals surface area (Å²) in [6, 6.07) is 18.5. The highest BCUT2D eigenvalue weighted by Gasteiger charge is 2.12. The first-order chi connectivity index (χ1) is 11.3. The predicted molar refractivity (Wildman–Crippen MR) is 94.7 cm³/mol. The lowest BCUT2D eigenvalue weighted by atomic mass is 10.1. The second-order valence-corrected chi connectivity index (χ2v) is 5.41. The topological polar surface area (TPSA) is 41.5 Å². The third-order valence-electron chi connectivity index (χ3n) is 3.66.